The minimum atomic E-state index is -0.467. The Hall–Kier alpha value is -1.20. The highest BCUT2D eigenvalue weighted by molar-refractivity contribution is 7.80. The van der Waals surface area contributed by atoms with Crippen LogP contribution in [0.3, 0.4) is 0 Å². The van der Waals surface area contributed by atoms with Crippen molar-refractivity contribution in [3.63, 3.8) is 0 Å². The lowest BCUT2D eigenvalue weighted by molar-refractivity contribution is 0.628. The van der Waals surface area contributed by atoms with E-state index in [2.05, 4.69) is 22.7 Å². The van der Waals surface area contributed by atoms with Gasteiger partial charge in [-0.05, 0) is 29.9 Å². The van der Waals surface area contributed by atoms with E-state index in [4.69, 9.17) is 17.3 Å². The smallest absolute Gasteiger partial charge is 0.184 e. The molecule has 0 aromatic heterocycles. The van der Waals surface area contributed by atoms with Gasteiger partial charge in [-0.1, -0.05) is 17.7 Å². The molecule has 0 spiro atoms. The average Bonchev–Trinajstić information content (AvgIpc) is 2.10. The summed E-state index contributed by atoms with van der Waals surface area (Å²) in [4.78, 5) is 0. The number of rotatable bonds is 2. The zero-order chi connectivity index (χ0) is 10.6. The summed E-state index contributed by atoms with van der Waals surface area (Å²) in [7, 11) is 0. The molecule has 0 aliphatic carbocycles. The molecule has 74 valence electrons. The second kappa shape index (κ2) is 4.88. The third-order valence-corrected chi connectivity index (χ3v) is 1.71. The molecule has 1 aromatic rings. The molecular weight excluding hydrogens is 225 g/mol. The van der Waals surface area contributed by atoms with Crippen molar-refractivity contribution in [3.8, 4) is 0 Å². The van der Waals surface area contributed by atoms with Gasteiger partial charge in [-0.2, -0.15) is 5.10 Å². The Morgan fingerprint density at radius 2 is 2.36 bits per heavy atom. The summed E-state index contributed by atoms with van der Waals surface area (Å²) in [5.41, 5.74) is 8.15. The van der Waals surface area contributed by atoms with Crippen LogP contribution in [0, 0.1) is 5.82 Å². The zero-order valence-electron chi connectivity index (χ0n) is 7.00. The largest absolute Gasteiger partial charge is 0.375 e. The average molecular weight is 232 g/mol. The Morgan fingerprint density at radius 1 is 1.64 bits per heavy atom. The molecule has 1 rings (SSSR count). The summed E-state index contributed by atoms with van der Waals surface area (Å²) in [6.07, 6.45) is 1.43. The SMILES string of the molecule is NC(=S)NN=Cc1ccc(F)c(Cl)c1. The van der Waals surface area contributed by atoms with E-state index in [9.17, 15) is 4.39 Å². The topological polar surface area (TPSA) is 50.4 Å². The van der Waals surface area contributed by atoms with Crippen molar-refractivity contribution < 1.29 is 4.39 Å². The molecule has 0 aliphatic heterocycles. The fourth-order valence-corrected chi connectivity index (χ4v) is 1.00. The number of hydrogen-bond donors (Lipinski definition) is 2. The van der Waals surface area contributed by atoms with Gasteiger partial charge in [0.1, 0.15) is 5.82 Å². The summed E-state index contributed by atoms with van der Waals surface area (Å²) in [6.45, 7) is 0. The van der Waals surface area contributed by atoms with Gasteiger partial charge >= 0.3 is 0 Å². The van der Waals surface area contributed by atoms with Crippen molar-refractivity contribution in [2.45, 2.75) is 0 Å². The minimum Gasteiger partial charge on any atom is -0.375 e. The summed E-state index contributed by atoms with van der Waals surface area (Å²) >= 11 is 10.1. The summed E-state index contributed by atoms with van der Waals surface area (Å²) < 4.78 is 12.7. The monoisotopic (exact) mass is 231 g/mol. The maximum Gasteiger partial charge on any atom is 0.184 e. The number of nitrogens with zero attached hydrogens (tertiary/aromatic N) is 1. The molecule has 0 amide bonds. The molecule has 0 unspecified atom stereocenters. The van der Waals surface area contributed by atoms with Crippen molar-refractivity contribution in [3.05, 3.63) is 34.6 Å². The van der Waals surface area contributed by atoms with Gasteiger partial charge in [0.05, 0.1) is 11.2 Å². The number of benzene rings is 1. The molecule has 6 heteroatoms. The van der Waals surface area contributed by atoms with E-state index in [0.717, 1.165) is 0 Å². The Morgan fingerprint density at radius 3 is 2.93 bits per heavy atom. The van der Waals surface area contributed by atoms with Crippen molar-refractivity contribution in [1.82, 2.24) is 5.43 Å². The van der Waals surface area contributed by atoms with Crippen LogP contribution in [0.15, 0.2) is 23.3 Å². The van der Waals surface area contributed by atoms with Gasteiger partial charge in [0.2, 0.25) is 0 Å². The number of thiocarbonyl (C=S) groups is 1. The molecule has 14 heavy (non-hydrogen) atoms. The van der Waals surface area contributed by atoms with E-state index in [1.165, 1.54) is 24.4 Å². The Labute approximate surface area is 90.7 Å². The van der Waals surface area contributed by atoms with Crippen LogP contribution in [0.1, 0.15) is 5.56 Å². The first-order chi connectivity index (χ1) is 6.59. The number of halogens is 2. The lowest BCUT2D eigenvalue weighted by Crippen LogP contribution is -2.23. The number of hydrogen-bond acceptors (Lipinski definition) is 2. The molecule has 1 aromatic carbocycles. The maximum atomic E-state index is 12.7. The molecule has 0 atom stereocenters. The van der Waals surface area contributed by atoms with Crippen LogP contribution in [-0.4, -0.2) is 11.3 Å². The van der Waals surface area contributed by atoms with Crippen LogP contribution >= 0.6 is 23.8 Å². The molecular formula is C8H7ClFN3S. The first kappa shape index (κ1) is 10.9. The van der Waals surface area contributed by atoms with Crippen molar-refractivity contribution in [2.75, 3.05) is 0 Å². The molecule has 0 heterocycles. The maximum absolute atomic E-state index is 12.7. The van der Waals surface area contributed by atoms with Gasteiger partial charge in [-0.3, -0.25) is 5.43 Å². The second-order valence-electron chi connectivity index (χ2n) is 2.41. The molecule has 3 N–H and O–H groups in total. The van der Waals surface area contributed by atoms with Crippen molar-refractivity contribution >= 4 is 35.1 Å². The van der Waals surface area contributed by atoms with E-state index < -0.39 is 5.82 Å². The molecule has 0 saturated carbocycles. The predicted molar refractivity (Wildman–Crippen MR) is 58.9 cm³/mol. The highest BCUT2D eigenvalue weighted by atomic mass is 35.5. The lowest BCUT2D eigenvalue weighted by atomic mass is 10.2. The molecule has 0 fully saturated rings. The third kappa shape index (κ3) is 3.27. The van der Waals surface area contributed by atoms with Crippen molar-refractivity contribution in [2.24, 2.45) is 10.8 Å². The van der Waals surface area contributed by atoms with Crippen molar-refractivity contribution in [1.29, 1.82) is 0 Å². The Kier molecular flexibility index (Phi) is 3.79. The van der Waals surface area contributed by atoms with Gasteiger partial charge in [0.25, 0.3) is 0 Å². The quantitative estimate of drug-likeness (QED) is 0.462. The van der Waals surface area contributed by atoms with Crippen LogP contribution in [0.2, 0.25) is 5.02 Å². The Balaban J connectivity index is 2.73. The first-order valence-corrected chi connectivity index (χ1v) is 4.42. The highest BCUT2D eigenvalue weighted by Gasteiger charge is 1.98. The van der Waals surface area contributed by atoms with Crippen LogP contribution in [0.4, 0.5) is 4.39 Å². The number of nitrogens with one attached hydrogen (secondary N) is 1. The minimum absolute atomic E-state index is 0.0456. The summed E-state index contributed by atoms with van der Waals surface area (Å²) in [6, 6.07) is 4.23. The van der Waals surface area contributed by atoms with E-state index in [1.807, 2.05) is 0 Å². The lowest BCUT2D eigenvalue weighted by Gasteiger charge is -1.96. The number of hydrazone groups is 1. The van der Waals surface area contributed by atoms with Gasteiger partial charge in [-0.25, -0.2) is 4.39 Å². The van der Waals surface area contributed by atoms with Crippen LogP contribution < -0.4 is 11.2 Å². The van der Waals surface area contributed by atoms with E-state index in [0.29, 0.717) is 5.56 Å². The molecule has 0 radical (unpaired) electrons. The normalized spacial score (nSPS) is 10.4. The van der Waals surface area contributed by atoms with Crippen LogP contribution in [-0.2, 0) is 0 Å². The predicted octanol–water partition coefficient (Wildman–Crippen LogP) is 1.65. The van der Waals surface area contributed by atoms with Gasteiger partial charge in [-0.15, -0.1) is 0 Å². The molecule has 0 bridgehead atoms. The molecule has 3 nitrogen and oxygen atoms in total. The highest BCUT2D eigenvalue weighted by Crippen LogP contribution is 2.14. The fraction of sp³-hybridized carbons (Fsp3) is 0. The standard InChI is InChI=1S/C8H7ClFN3S/c9-6-3-5(1-2-7(6)10)4-12-13-8(11)14/h1-4H,(H3,11,13,14). The van der Waals surface area contributed by atoms with Gasteiger partial charge in [0.15, 0.2) is 5.11 Å². The molecule has 0 aliphatic rings. The third-order valence-electron chi connectivity index (χ3n) is 1.33. The van der Waals surface area contributed by atoms with E-state index in [-0.39, 0.29) is 10.1 Å². The summed E-state index contributed by atoms with van der Waals surface area (Å²) in [5.74, 6) is -0.467. The Bertz CT molecular complexity index is 381. The summed E-state index contributed by atoms with van der Waals surface area (Å²) in [5, 5.41) is 3.80. The first-order valence-electron chi connectivity index (χ1n) is 3.63. The van der Waals surface area contributed by atoms with Gasteiger partial charge < -0.3 is 5.73 Å². The second-order valence-corrected chi connectivity index (χ2v) is 3.25. The van der Waals surface area contributed by atoms with E-state index in [1.54, 1.807) is 0 Å². The van der Waals surface area contributed by atoms with Crippen LogP contribution in [0.5, 0.6) is 0 Å². The van der Waals surface area contributed by atoms with Gasteiger partial charge in [0, 0.05) is 0 Å². The fourth-order valence-electron chi connectivity index (χ4n) is 0.763. The van der Waals surface area contributed by atoms with E-state index >= 15 is 0 Å². The zero-order valence-corrected chi connectivity index (χ0v) is 8.57. The number of nitrogens with two attached hydrogens (primary N) is 1. The van der Waals surface area contributed by atoms with Crippen LogP contribution in [0.25, 0.3) is 0 Å². The molecule has 0 saturated heterocycles.